The van der Waals surface area contributed by atoms with E-state index < -0.39 is 0 Å². The molecule has 20 heavy (non-hydrogen) atoms. The van der Waals surface area contributed by atoms with Crippen LogP contribution in [0.2, 0.25) is 0 Å². The van der Waals surface area contributed by atoms with Gasteiger partial charge in [-0.25, -0.2) is 0 Å². The lowest BCUT2D eigenvalue weighted by Gasteiger charge is -2.38. The first-order chi connectivity index (χ1) is 9.48. The van der Waals surface area contributed by atoms with Gasteiger partial charge in [-0.05, 0) is 49.9 Å². The average Bonchev–Trinajstić information content (AvgIpc) is 2.37. The van der Waals surface area contributed by atoms with Crippen molar-refractivity contribution >= 4 is 5.91 Å². The van der Waals surface area contributed by atoms with E-state index in [9.17, 15) is 4.79 Å². The van der Waals surface area contributed by atoms with Gasteiger partial charge in [0, 0.05) is 19.0 Å². The molecule has 0 radical (unpaired) electrons. The first kappa shape index (κ1) is 15.9. The van der Waals surface area contributed by atoms with E-state index in [1.165, 1.54) is 44.9 Å². The van der Waals surface area contributed by atoms with Gasteiger partial charge in [-0.1, -0.05) is 40.0 Å². The fourth-order valence-electron chi connectivity index (χ4n) is 3.93. The zero-order valence-corrected chi connectivity index (χ0v) is 13.8. The second-order valence-corrected chi connectivity index (χ2v) is 8.01. The average molecular weight is 279 g/mol. The molecule has 116 valence electrons. The molecule has 2 rings (SSSR count). The fraction of sp³-hybridized carbons (Fsp3) is 0.944. The molecule has 2 nitrogen and oxygen atoms in total. The van der Waals surface area contributed by atoms with Crippen LogP contribution in [-0.4, -0.2) is 23.9 Å². The molecule has 0 aromatic heterocycles. The Hall–Kier alpha value is -0.530. The van der Waals surface area contributed by atoms with Gasteiger partial charge >= 0.3 is 0 Å². The first-order valence-electron chi connectivity index (χ1n) is 8.77. The van der Waals surface area contributed by atoms with Crippen LogP contribution in [0.1, 0.15) is 78.6 Å². The van der Waals surface area contributed by atoms with Gasteiger partial charge in [-0.2, -0.15) is 0 Å². The smallest absolute Gasteiger partial charge is 0.225 e. The van der Waals surface area contributed by atoms with Gasteiger partial charge in [0.15, 0.2) is 0 Å². The second-order valence-electron chi connectivity index (χ2n) is 8.01. The highest BCUT2D eigenvalue weighted by atomic mass is 16.2. The third-order valence-electron chi connectivity index (χ3n) is 5.47. The zero-order valence-electron chi connectivity index (χ0n) is 13.8. The molecule has 0 unspecified atom stereocenters. The number of carbonyl (C=O) groups excluding carboxylic acids is 1. The maximum Gasteiger partial charge on any atom is 0.225 e. The summed E-state index contributed by atoms with van der Waals surface area (Å²) in [5.41, 5.74) is 0.411. The van der Waals surface area contributed by atoms with Crippen LogP contribution in [-0.2, 0) is 4.79 Å². The molecule has 0 N–H and O–H groups in total. The van der Waals surface area contributed by atoms with Crippen LogP contribution in [0.4, 0.5) is 0 Å². The summed E-state index contributed by atoms with van der Waals surface area (Å²) in [5.74, 6) is 1.60. The van der Waals surface area contributed by atoms with Crippen LogP contribution < -0.4 is 0 Å². The third-order valence-corrected chi connectivity index (χ3v) is 5.47. The summed E-state index contributed by atoms with van der Waals surface area (Å²) in [4.78, 5) is 14.9. The number of likely N-dealkylation sites (tertiary alicyclic amines) is 1. The van der Waals surface area contributed by atoms with E-state index in [1.54, 1.807) is 0 Å². The van der Waals surface area contributed by atoms with Gasteiger partial charge in [-0.15, -0.1) is 0 Å². The number of hydrogen-bond donors (Lipinski definition) is 0. The molecular weight excluding hydrogens is 246 g/mol. The number of amides is 1. The quantitative estimate of drug-likeness (QED) is 0.685. The van der Waals surface area contributed by atoms with Crippen molar-refractivity contribution in [2.24, 2.45) is 17.3 Å². The standard InChI is InChI=1S/C18H33NO/c1-18(2,3)16-11-9-15(10-12-16)17(20)19-13-7-5-4-6-8-14-19/h15-16H,4-14H2,1-3H3. The van der Waals surface area contributed by atoms with Crippen LogP contribution in [0.5, 0.6) is 0 Å². The molecule has 0 aromatic carbocycles. The van der Waals surface area contributed by atoms with E-state index in [4.69, 9.17) is 0 Å². The van der Waals surface area contributed by atoms with Crippen molar-refractivity contribution in [2.75, 3.05) is 13.1 Å². The van der Waals surface area contributed by atoms with Crippen molar-refractivity contribution in [2.45, 2.75) is 78.6 Å². The lowest BCUT2D eigenvalue weighted by Crippen LogP contribution is -2.40. The first-order valence-corrected chi connectivity index (χ1v) is 8.77. The van der Waals surface area contributed by atoms with Crippen molar-refractivity contribution in [1.29, 1.82) is 0 Å². The van der Waals surface area contributed by atoms with Crippen LogP contribution in [0.3, 0.4) is 0 Å². The number of hydrogen-bond acceptors (Lipinski definition) is 1. The Morgan fingerprint density at radius 2 is 1.35 bits per heavy atom. The van der Waals surface area contributed by atoms with Gasteiger partial charge in [0.25, 0.3) is 0 Å². The van der Waals surface area contributed by atoms with E-state index in [-0.39, 0.29) is 0 Å². The van der Waals surface area contributed by atoms with Crippen molar-refractivity contribution in [1.82, 2.24) is 4.90 Å². The Bertz CT molecular complexity index is 302. The molecule has 1 aliphatic carbocycles. The van der Waals surface area contributed by atoms with Crippen LogP contribution in [0.15, 0.2) is 0 Å². The summed E-state index contributed by atoms with van der Waals surface area (Å²) in [7, 11) is 0. The Labute approximate surface area is 125 Å². The summed E-state index contributed by atoms with van der Waals surface area (Å²) in [5, 5.41) is 0. The third kappa shape index (κ3) is 4.23. The Balaban J connectivity index is 1.84. The molecule has 1 aliphatic heterocycles. The van der Waals surface area contributed by atoms with Crippen molar-refractivity contribution in [3.8, 4) is 0 Å². The SMILES string of the molecule is CC(C)(C)C1CCC(C(=O)N2CCCCCCC2)CC1. The highest BCUT2D eigenvalue weighted by Crippen LogP contribution is 2.40. The lowest BCUT2D eigenvalue weighted by molar-refractivity contribution is -0.137. The monoisotopic (exact) mass is 279 g/mol. The minimum Gasteiger partial charge on any atom is -0.342 e. The van der Waals surface area contributed by atoms with E-state index in [0.29, 0.717) is 17.2 Å². The Morgan fingerprint density at radius 1 is 0.850 bits per heavy atom. The van der Waals surface area contributed by atoms with Crippen molar-refractivity contribution in [3.63, 3.8) is 0 Å². The molecule has 1 saturated heterocycles. The molecule has 2 heteroatoms. The predicted molar refractivity (Wildman–Crippen MR) is 84.6 cm³/mol. The summed E-state index contributed by atoms with van der Waals surface area (Å²) in [6.07, 6.45) is 11.1. The van der Waals surface area contributed by atoms with E-state index in [2.05, 4.69) is 25.7 Å². The normalized spacial score (nSPS) is 29.6. The van der Waals surface area contributed by atoms with E-state index in [1.807, 2.05) is 0 Å². The van der Waals surface area contributed by atoms with E-state index in [0.717, 1.165) is 31.8 Å². The van der Waals surface area contributed by atoms with Gasteiger partial charge in [-0.3, -0.25) is 4.79 Å². The molecule has 0 atom stereocenters. The molecule has 1 heterocycles. The molecule has 0 bridgehead atoms. The minimum atomic E-state index is 0.327. The second kappa shape index (κ2) is 6.95. The van der Waals surface area contributed by atoms with Gasteiger partial charge < -0.3 is 4.90 Å². The van der Waals surface area contributed by atoms with Crippen LogP contribution >= 0.6 is 0 Å². The number of rotatable bonds is 1. The molecule has 1 saturated carbocycles. The van der Waals surface area contributed by atoms with Gasteiger partial charge in [0.2, 0.25) is 5.91 Å². The zero-order chi connectivity index (χ0) is 14.6. The summed E-state index contributed by atoms with van der Waals surface area (Å²) in [6, 6.07) is 0. The molecular formula is C18H33NO. The highest BCUT2D eigenvalue weighted by Gasteiger charge is 2.33. The molecule has 2 fully saturated rings. The predicted octanol–water partition coefficient (Wildman–Crippen LogP) is 4.63. The van der Waals surface area contributed by atoms with Crippen molar-refractivity contribution in [3.05, 3.63) is 0 Å². The van der Waals surface area contributed by atoms with Crippen LogP contribution in [0, 0.1) is 17.3 Å². The number of nitrogens with zero attached hydrogens (tertiary/aromatic N) is 1. The number of carbonyl (C=O) groups is 1. The summed E-state index contributed by atoms with van der Waals surface area (Å²) < 4.78 is 0. The van der Waals surface area contributed by atoms with Crippen molar-refractivity contribution < 1.29 is 4.79 Å². The highest BCUT2D eigenvalue weighted by molar-refractivity contribution is 5.78. The van der Waals surface area contributed by atoms with E-state index >= 15 is 0 Å². The largest absolute Gasteiger partial charge is 0.342 e. The summed E-state index contributed by atoms with van der Waals surface area (Å²) in [6.45, 7) is 9.06. The topological polar surface area (TPSA) is 20.3 Å². The Kier molecular flexibility index (Phi) is 5.51. The molecule has 0 aromatic rings. The maximum atomic E-state index is 12.7. The Morgan fingerprint density at radius 3 is 1.85 bits per heavy atom. The van der Waals surface area contributed by atoms with Gasteiger partial charge in [0.05, 0.1) is 0 Å². The van der Waals surface area contributed by atoms with Gasteiger partial charge in [0.1, 0.15) is 0 Å². The van der Waals surface area contributed by atoms with Crippen LogP contribution in [0.25, 0.3) is 0 Å². The summed E-state index contributed by atoms with van der Waals surface area (Å²) >= 11 is 0. The minimum absolute atomic E-state index is 0.327. The molecule has 2 aliphatic rings. The fourth-order valence-corrected chi connectivity index (χ4v) is 3.93. The molecule has 1 amide bonds. The maximum absolute atomic E-state index is 12.7. The molecule has 0 spiro atoms. The lowest BCUT2D eigenvalue weighted by atomic mass is 9.69.